The van der Waals surface area contributed by atoms with Gasteiger partial charge in [0.2, 0.25) is 15.9 Å². The summed E-state index contributed by atoms with van der Waals surface area (Å²) in [5.41, 5.74) is 10.7. The highest BCUT2D eigenvalue weighted by Gasteiger charge is 2.30. The minimum absolute atomic E-state index is 0.171. The number of aromatic nitrogens is 1. The van der Waals surface area contributed by atoms with Gasteiger partial charge in [0.1, 0.15) is 0 Å². The van der Waals surface area contributed by atoms with Gasteiger partial charge in [-0.15, -0.1) is 0 Å². The zero-order chi connectivity index (χ0) is 25.1. The van der Waals surface area contributed by atoms with Crippen molar-refractivity contribution in [1.82, 2.24) is 14.2 Å². The predicted octanol–water partition coefficient (Wildman–Crippen LogP) is 3.86. The van der Waals surface area contributed by atoms with E-state index in [0.717, 1.165) is 53.5 Å². The lowest BCUT2D eigenvalue weighted by molar-refractivity contribution is -0.117. The normalized spacial score (nSPS) is 18.6. The number of sulfonamides is 1. The third kappa shape index (κ3) is 5.51. The molecular formula is C28H36N4O3S. The minimum atomic E-state index is -3.25. The van der Waals surface area contributed by atoms with Crippen molar-refractivity contribution in [2.75, 3.05) is 38.5 Å². The van der Waals surface area contributed by atoms with Gasteiger partial charge in [0.15, 0.2) is 0 Å². The van der Waals surface area contributed by atoms with Gasteiger partial charge in [-0.05, 0) is 79.1 Å². The Kier molecular flexibility index (Phi) is 7.46. The number of aromatic amines is 1. The van der Waals surface area contributed by atoms with Gasteiger partial charge in [0.05, 0.1) is 12.2 Å². The van der Waals surface area contributed by atoms with Crippen LogP contribution in [-0.2, 0) is 21.2 Å². The molecule has 1 aromatic heterocycles. The Labute approximate surface area is 213 Å². The number of carbonyl (C=O) groups is 1. The highest BCUT2D eigenvalue weighted by molar-refractivity contribution is 7.89. The maximum Gasteiger partial charge on any atom is 0.221 e. The van der Waals surface area contributed by atoms with Gasteiger partial charge in [0.25, 0.3) is 0 Å². The van der Waals surface area contributed by atoms with E-state index in [1.807, 2.05) is 30.5 Å². The number of carbonyl (C=O) groups excluding carboxylic acids is 1. The Balaban J connectivity index is 1.33. The van der Waals surface area contributed by atoms with Crippen molar-refractivity contribution >= 4 is 26.8 Å². The smallest absolute Gasteiger partial charge is 0.221 e. The second-order valence-electron chi connectivity index (χ2n) is 10.2. The number of nitrogens with two attached hydrogens (primary N) is 1. The lowest BCUT2D eigenvalue weighted by Gasteiger charge is -2.32. The lowest BCUT2D eigenvalue weighted by Crippen LogP contribution is -2.42. The minimum Gasteiger partial charge on any atom is -0.369 e. The summed E-state index contributed by atoms with van der Waals surface area (Å²) in [6, 6.07) is 14.4. The molecule has 0 radical (unpaired) electrons. The molecule has 2 fully saturated rings. The molecule has 1 amide bonds. The SMILES string of the molecule is NC(=O)Cc1cc(-c2ccccc2)cc2c(C3CCN(S(=O)(=O)CCN4CCCCC4)CC3)c[nH]c12. The molecule has 2 aliphatic heterocycles. The number of H-pyrrole nitrogens is 1. The van der Waals surface area contributed by atoms with Crippen molar-refractivity contribution in [1.29, 1.82) is 0 Å². The van der Waals surface area contributed by atoms with E-state index in [9.17, 15) is 13.2 Å². The number of nitrogens with zero attached hydrogens (tertiary/aromatic N) is 2. The van der Waals surface area contributed by atoms with E-state index in [2.05, 4.69) is 28.1 Å². The van der Waals surface area contributed by atoms with E-state index >= 15 is 0 Å². The number of likely N-dealkylation sites (tertiary alicyclic amines) is 1. The van der Waals surface area contributed by atoms with Crippen molar-refractivity contribution < 1.29 is 13.2 Å². The van der Waals surface area contributed by atoms with Gasteiger partial charge < -0.3 is 15.6 Å². The van der Waals surface area contributed by atoms with Crippen LogP contribution in [0.4, 0.5) is 0 Å². The van der Waals surface area contributed by atoms with Gasteiger partial charge >= 0.3 is 0 Å². The molecule has 3 heterocycles. The maximum atomic E-state index is 13.0. The molecule has 36 heavy (non-hydrogen) atoms. The molecule has 3 N–H and O–H groups in total. The van der Waals surface area contributed by atoms with Crippen molar-refractivity contribution in [3.05, 3.63) is 59.8 Å². The second kappa shape index (κ2) is 10.7. The summed E-state index contributed by atoms with van der Waals surface area (Å²) in [6.45, 7) is 3.76. The number of piperidine rings is 2. The van der Waals surface area contributed by atoms with Crippen molar-refractivity contribution in [2.45, 2.75) is 44.4 Å². The van der Waals surface area contributed by atoms with Crippen LogP contribution in [0.1, 0.15) is 49.1 Å². The topological polar surface area (TPSA) is 99.5 Å². The van der Waals surface area contributed by atoms with Crippen LogP contribution in [0.5, 0.6) is 0 Å². The lowest BCUT2D eigenvalue weighted by atomic mass is 9.88. The van der Waals surface area contributed by atoms with Crippen LogP contribution in [0, 0.1) is 0 Å². The van der Waals surface area contributed by atoms with Gasteiger partial charge in [-0.3, -0.25) is 4.79 Å². The number of amides is 1. The molecule has 3 aromatic rings. The number of benzene rings is 2. The first-order chi connectivity index (χ1) is 17.4. The molecule has 192 valence electrons. The van der Waals surface area contributed by atoms with Gasteiger partial charge in [0, 0.05) is 36.7 Å². The van der Waals surface area contributed by atoms with Crippen LogP contribution in [-0.4, -0.2) is 67.0 Å². The Hall–Kier alpha value is -2.68. The molecule has 2 aliphatic rings. The zero-order valence-electron chi connectivity index (χ0n) is 20.8. The molecule has 2 saturated heterocycles. The van der Waals surface area contributed by atoms with E-state index < -0.39 is 10.0 Å². The van der Waals surface area contributed by atoms with E-state index in [4.69, 9.17) is 5.73 Å². The van der Waals surface area contributed by atoms with Gasteiger partial charge in [-0.2, -0.15) is 0 Å². The monoisotopic (exact) mass is 508 g/mol. The highest BCUT2D eigenvalue weighted by atomic mass is 32.2. The summed E-state index contributed by atoms with van der Waals surface area (Å²) in [5.74, 6) is 0.113. The highest BCUT2D eigenvalue weighted by Crippen LogP contribution is 2.37. The molecule has 0 unspecified atom stereocenters. The van der Waals surface area contributed by atoms with Crippen LogP contribution in [0.15, 0.2) is 48.7 Å². The molecule has 8 heteroatoms. The number of hydrogen-bond donors (Lipinski definition) is 2. The van der Waals surface area contributed by atoms with E-state index in [0.29, 0.717) is 19.6 Å². The average Bonchev–Trinajstić information content (AvgIpc) is 3.33. The molecule has 5 rings (SSSR count). The predicted molar refractivity (Wildman–Crippen MR) is 144 cm³/mol. The molecule has 0 aliphatic carbocycles. The number of fused-ring (bicyclic) bond motifs is 1. The van der Waals surface area contributed by atoms with E-state index in [-0.39, 0.29) is 24.0 Å². The Bertz CT molecular complexity index is 1310. The van der Waals surface area contributed by atoms with Gasteiger partial charge in [-0.25, -0.2) is 12.7 Å². The summed E-state index contributed by atoms with van der Waals surface area (Å²) in [7, 11) is -3.25. The largest absolute Gasteiger partial charge is 0.369 e. The fourth-order valence-electron chi connectivity index (χ4n) is 5.79. The van der Waals surface area contributed by atoms with Crippen LogP contribution >= 0.6 is 0 Å². The maximum absolute atomic E-state index is 13.0. The Morgan fingerprint density at radius 1 is 0.972 bits per heavy atom. The van der Waals surface area contributed by atoms with Crippen molar-refractivity contribution in [2.24, 2.45) is 5.73 Å². The summed E-state index contributed by atoms with van der Waals surface area (Å²) in [6.07, 6.45) is 7.38. The molecule has 0 atom stereocenters. The Morgan fingerprint density at radius 2 is 1.69 bits per heavy atom. The number of primary amides is 1. The molecule has 0 spiro atoms. The first-order valence-electron chi connectivity index (χ1n) is 13.1. The van der Waals surface area contributed by atoms with E-state index in [1.165, 1.54) is 24.8 Å². The summed E-state index contributed by atoms with van der Waals surface area (Å²) in [5, 5.41) is 1.10. The van der Waals surface area contributed by atoms with Gasteiger partial charge in [-0.1, -0.05) is 36.8 Å². The number of hydrogen-bond acceptors (Lipinski definition) is 4. The third-order valence-electron chi connectivity index (χ3n) is 7.78. The van der Waals surface area contributed by atoms with Crippen molar-refractivity contribution in [3.8, 4) is 11.1 Å². The van der Waals surface area contributed by atoms with E-state index in [1.54, 1.807) is 4.31 Å². The fraction of sp³-hybridized carbons (Fsp3) is 0.464. The first-order valence-corrected chi connectivity index (χ1v) is 14.7. The molecular weight excluding hydrogens is 472 g/mol. The summed E-state index contributed by atoms with van der Waals surface area (Å²) in [4.78, 5) is 17.5. The quantitative estimate of drug-likeness (QED) is 0.483. The molecule has 2 aromatic carbocycles. The van der Waals surface area contributed by atoms with Crippen LogP contribution in [0.25, 0.3) is 22.0 Å². The standard InChI is InChI=1S/C28H36N4O3S/c29-27(33)19-24-17-23(21-7-3-1-4-8-21)18-25-26(20-30-28(24)25)22-9-13-32(14-10-22)36(34,35)16-15-31-11-5-2-6-12-31/h1,3-4,7-8,17-18,20,22,30H,2,5-6,9-16,19H2,(H2,29,33). The fourth-order valence-corrected chi connectivity index (χ4v) is 7.31. The van der Waals surface area contributed by atoms with Crippen LogP contribution in [0.3, 0.4) is 0 Å². The second-order valence-corrected chi connectivity index (χ2v) is 12.3. The van der Waals surface area contributed by atoms with Crippen LogP contribution in [0.2, 0.25) is 0 Å². The first kappa shape index (κ1) is 25.0. The van der Waals surface area contributed by atoms with Crippen LogP contribution < -0.4 is 5.73 Å². The zero-order valence-corrected chi connectivity index (χ0v) is 21.6. The Morgan fingerprint density at radius 3 is 2.39 bits per heavy atom. The average molecular weight is 509 g/mol. The summed E-state index contributed by atoms with van der Waals surface area (Å²) >= 11 is 0. The number of nitrogens with one attached hydrogen (secondary N) is 1. The molecule has 0 bridgehead atoms. The summed E-state index contributed by atoms with van der Waals surface area (Å²) < 4.78 is 27.8. The molecule has 7 nitrogen and oxygen atoms in total. The number of rotatable bonds is 8. The third-order valence-corrected chi connectivity index (χ3v) is 9.63. The molecule has 0 saturated carbocycles. The van der Waals surface area contributed by atoms with Crippen molar-refractivity contribution in [3.63, 3.8) is 0 Å².